The van der Waals surface area contributed by atoms with E-state index in [1.165, 1.54) is 0 Å². The summed E-state index contributed by atoms with van der Waals surface area (Å²) in [4.78, 5) is 0. The third-order valence-corrected chi connectivity index (χ3v) is 5.04. The Morgan fingerprint density at radius 3 is 2.95 bits per heavy atom. The lowest BCUT2D eigenvalue weighted by Crippen LogP contribution is -2.36. The van der Waals surface area contributed by atoms with E-state index in [4.69, 9.17) is 9.47 Å². The van der Waals surface area contributed by atoms with Crippen LogP contribution in [-0.4, -0.2) is 34.4 Å². The molecule has 0 bridgehead atoms. The Labute approximate surface area is 126 Å². The van der Waals surface area contributed by atoms with Gasteiger partial charge < -0.3 is 9.47 Å². The molecule has 1 heterocycles. The van der Waals surface area contributed by atoms with Crippen molar-refractivity contribution in [1.29, 1.82) is 0 Å². The summed E-state index contributed by atoms with van der Waals surface area (Å²) >= 11 is 0. The Bertz CT molecular complexity index is 571. The molecule has 1 aromatic rings. The maximum atomic E-state index is 11.8. The van der Waals surface area contributed by atoms with Gasteiger partial charge in [-0.25, -0.2) is 13.1 Å². The Balaban J connectivity index is 1.93. The van der Waals surface area contributed by atoms with Crippen molar-refractivity contribution < 1.29 is 17.9 Å². The number of hydrogen-bond donors (Lipinski definition) is 1. The molecule has 1 aliphatic heterocycles. The van der Waals surface area contributed by atoms with Crippen LogP contribution in [0.3, 0.4) is 0 Å². The maximum absolute atomic E-state index is 11.8. The van der Waals surface area contributed by atoms with Gasteiger partial charge in [-0.1, -0.05) is 25.5 Å². The molecule has 1 atom stereocenters. The van der Waals surface area contributed by atoms with Crippen molar-refractivity contribution in [3.63, 3.8) is 0 Å². The quantitative estimate of drug-likeness (QED) is 0.836. The molecule has 21 heavy (non-hydrogen) atoms. The van der Waals surface area contributed by atoms with Crippen molar-refractivity contribution in [2.75, 3.05) is 26.0 Å². The van der Waals surface area contributed by atoms with E-state index in [9.17, 15) is 8.42 Å². The highest BCUT2D eigenvalue weighted by molar-refractivity contribution is 7.89. The molecule has 0 aromatic heterocycles. The van der Waals surface area contributed by atoms with E-state index in [-0.39, 0.29) is 11.7 Å². The summed E-state index contributed by atoms with van der Waals surface area (Å²) in [5, 5.41) is 0. The van der Waals surface area contributed by atoms with Gasteiger partial charge in [0.1, 0.15) is 0 Å². The summed E-state index contributed by atoms with van der Waals surface area (Å²) in [6, 6.07) is 5.79. The first-order valence-corrected chi connectivity index (χ1v) is 8.97. The second-order valence-electron chi connectivity index (χ2n) is 5.35. The Morgan fingerprint density at radius 1 is 1.43 bits per heavy atom. The standard InChI is InChI=1S/C15H23NO4S/c1-3-4-8-21(17,18)16-10-12-9-13-6-5-7-14(19-2)15(13)20-11-12/h5-7,12,16H,3-4,8-11H2,1-2H3/t12-/m0/s1. The second-order valence-corrected chi connectivity index (χ2v) is 7.28. The minimum Gasteiger partial charge on any atom is -0.493 e. The van der Waals surface area contributed by atoms with E-state index >= 15 is 0 Å². The van der Waals surface area contributed by atoms with Crippen molar-refractivity contribution in [3.8, 4) is 11.5 Å². The minimum atomic E-state index is -3.16. The highest BCUT2D eigenvalue weighted by Crippen LogP contribution is 2.35. The lowest BCUT2D eigenvalue weighted by atomic mass is 9.96. The number of hydrogen-bond acceptors (Lipinski definition) is 4. The van der Waals surface area contributed by atoms with Gasteiger partial charge in [0.05, 0.1) is 19.5 Å². The van der Waals surface area contributed by atoms with E-state index < -0.39 is 10.0 Å². The Hall–Kier alpha value is -1.27. The fourth-order valence-corrected chi connectivity index (χ4v) is 3.70. The van der Waals surface area contributed by atoms with Crippen molar-refractivity contribution in [1.82, 2.24) is 4.72 Å². The first-order valence-electron chi connectivity index (χ1n) is 7.31. The fourth-order valence-electron chi connectivity index (χ4n) is 2.40. The van der Waals surface area contributed by atoms with Gasteiger partial charge in [0.15, 0.2) is 11.5 Å². The summed E-state index contributed by atoms with van der Waals surface area (Å²) in [6.45, 7) is 2.90. The average Bonchev–Trinajstić information content (AvgIpc) is 2.50. The fraction of sp³-hybridized carbons (Fsp3) is 0.600. The molecule has 0 saturated carbocycles. The molecule has 0 radical (unpaired) electrons. The third-order valence-electron chi connectivity index (χ3n) is 3.61. The molecule has 118 valence electrons. The minimum absolute atomic E-state index is 0.154. The number of fused-ring (bicyclic) bond motifs is 1. The molecule has 1 aromatic carbocycles. The van der Waals surface area contributed by atoms with Gasteiger partial charge in [-0.2, -0.15) is 0 Å². The Kier molecular flexibility index (Phi) is 5.47. The first kappa shape index (κ1) is 16.1. The van der Waals surface area contributed by atoms with Crippen LogP contribution in [0, 0.1) is 5.92 Å². The second kappa shape index (κ2) is 7.13. The molecule has 6 heteroatoms. The Morgan fingerprint density at radius 2 is 2.24 bits per heavy atom. The predicted molar refractivity (Wildman–Crippen MR) is 82.4 cm³/mol. The maximum Gasteiger partial charge on any atom is 0.211 e. The summed E-state index contributed by atoms with van der Waals surface area (Å²) in [5.74, 6) is 1.86. The molecular weight excluding hydrogens is 290 g/mol. The lowest BCUT2D eigenvalue weighted by molar-refractivity contribution is 0.213. The molecule has 2 rings (SSSR count). The van der Waals surface area contributed by atoms with E-state index in [0.717, 1.165) is 29.9 Å². The lowest BCUT2D eigenvalue weighted by Gasteiger charge is -2.26. The first-order chi connectivity index (χ1) is 10.1. The van der Waals surface area contributed by atoms with Crippen LogP contribution in [0.2, 0.25) is 0 Å². The smallest absolute Gasteiger partial charge is 0.211 e. The summed E-state index contributed by atoms with van der Waals surface area (Å²) in [6.07, 6.45) is 2.36. The highest BCUT2D eigenvalue weighted by Gasteiger charge is 2.23. The van der Waals surface area contributed by atoms with Crippen LogP contribution >= 0.6 is 0 Å². The molecule has 0 saturated heterocycles. The normalized spacial score (nSPS) is 17.9. The predicted octanol–water partition coefficient (Wildman–Crippen LogP) is 1.97. The zero-order chi connectivity index (χ0) is 15.3. The van der Waals surface area contributed by atoms with Gasteiger partial charge in [0.2, 0.25) is 10.0 Å². The van der Waals surface area contributed by atoms with Gasteiger partial charge in [0, 0.05) is 12.5 Å². The average molecular weight is 313 g/mol. The monoisotopic (exact) mass is 313 g/mol. The molecular formula is C15H23NO4S. The number of sulfonamides is 1. The van der Waals surface area contributed by atoms with Gasteiger partial charge in [-0.05, 0) is 24.5 Å². The largest absolute Gasteiger partial charge is 0.493 e. The van der Waals surface area contributed by atoms with E-state index in [0.29, 0.717) is 19.6 Å². The number of para-hydroxylation sites is 1. The molecule has 1 aliphatic rings. The van der Waals surface area contributed by atoms with Gasteiger partial charge in [-0.3, -0.25) is 0 Å². The van der Waals surface area contributed by atoms with E-state index in [1.807, 2.05) is 25.1 Å². The number of ether oxygens (including phenoxy) is 2. The van der Waals surface area contributed by atoms with Crippen LogP contribution in [0.1, 0.15) is 25.3 Å². The van der Waals surface area contributed by atoms with Crippen molar-refractivity contribution in [3.05, 3.63) is 23.8 Å². The summed E-state index contributed by atoms with van der Waals surface area (Å²) in [5.41, 5.74) is 1.07. The molecule has 0 aliphatic carbocycles. The van der Waals surface area contributed by atoms with Crippen LogP contribution in [-0.2, 0) is 16.4 Å². The van der Waals surface area contributed by atoms with Crippen LogP contribution in [0.25, 0.3) is 0 Å². The van der Waals surface area contributed by atoms with E-state index in [2.05, 4.69) is 4.72 Å². The molecule has 0 fully saturated rings. The number of rotatable bonds is 7. The van der Waals surface area contributed by atoms with Crippen molar-refractivity contribution in [2.24, 2.45) is 5.92 Å². The van der Waals surface area contributed by atoms with Crippen molar-refractivity contribution >= 4 is 10.0 Å². The van der Waals surface area contributed by atoms with Crippen LogP contribution in [0.15, 0.2) is 18.2 Å². The van der Waals surface area contributed by atoms with Gasteiger partial charge in [0.25, 0.3) is 0 Å². The molecule has 1 N–H and O–H groups in total. The number of unbranched alkanes of at least 4 members (excludes halogenated alkanes) is 1. The molecule has 5 nitrogen and oxygen atoms in total. The number of benzene rings is 1. The number of methoxy groups -OCH3 is 1. The SMILES string of the molecule is CCCCS(=O)(=O)NC[C@H]1COc2c(cccc2OC)C1. The molecule has 0 amide bonds. The summed E-state index contributed by atoms with van der Waals surface area (Å²) < 4.78 is 37.3. The summed E-state index contributed by atoms with van der Waals surface area (Å²) in [7, 11) is -1.55. The van der Waals surface area contributed by atoms with E-state index in [1.54, 1.807) is 7.11 Å². The molecule has 0 spiro atoms. The van der Waals surface area contributed by atoms with Gasteiger partial charge in [-0.15, -0.1) is 0 Å². The molecule has 0 unspecified atom stereocenters. The topological polar surface area (TPSA) is 64.6 Å². The zero-order valence-corrected chi connectivity index (χ0v) is 13.4. The highest BCUT2D eigenvalue weighted by atomic mass is 32.2. The third kappa shape index (κ3) is 4.35. The zero-order valence-electron chi connectivity index (χ0n) is 12.6. The van der Waals surface area contributed by atoms with Crippen LogP contribution in [0.4, 0.5) is 0 Å². The number of nitrogens with one attached hydrogen (secondary N) is 1. The van der Waals surface area contributed by atoms with Crippen LogP contribution in [0.5, 0.6) is 11.5 Å². The van der Waals surface area contributed by atoms with Gasteiger partial charge >= 0.3 is 0 Å². The van der Waals surface area contributed by atoms with Crippen LogP contribution < -0.4 is 14.2 Å². The van der Waals surface area contributed by atoms with Crippen molar-refractivity contribution in [2.45, 2.75) is 26.2 Å².